The summed E-state index contributed by atoms with van der Waals surface area (Å²) in [5, 5.41) is 2.82. The number of cyclic esters (lactones) is 1. The highest BCUT2D eigenvalue weighted by atomic mass is 35.5. The third kappa shape index (κ3) is 5.54. The molecule has 1 N–H and O–H groups in total. The number of likely N-dealkylation sites (N-methyl/N-ethyl adjacent to an activating group) is 1. The van der Waals surface area contributed by atoms with Gasteiger partial charge in [0, 0.05) is 56.0 Å². The van der Waals surface area contributed by atoms with Crippen LogP contribution in [0.2, 0.25) is 4.34 Å². The minimum Gasteiger partial charge on any atom is -0.442 e. The molecule has 35 heavy (non-hydrogen) atoms. The first-order chi connectivity index (χ1) is 17.0. The second-order valence-corrected chi connectivity index (χ2v) is 10.6. The molecule has 2 aliphatic heterocycles. The average molecular weight is 514 g/mol. The van der Waals surface area contributed by atoms with Crippen LogP contribution in [0.25, 0.3) is 5.69 Å². The summed E-state index contributed by atoms with van der Waals surface area (Å²) in [5.74, 6) is -0.222. The molecule has 0 radical (unpaired) electrons. The van der Waals surface area contributed by atoms with Crippen molar-refractivity contribution in [2.24, 2.45) is 0 Å². The van der Waals surface area contributed by atoms with Gasteiger partial charge in [-0.25, -0.2) is 4.79 Å². The summed E-state index contributed by atoms with van der Waals surface area (Å²) in [4.78, 5) is 31.7. The first kappa shape index (κ1) is 23.9. The predicted molar refractivity (Wildman–Crippen MR) is 138 cm³/mol. The minimum absolute atomic E-state index is 0.222. The van der Waals surface area contributed by atoms with Gasteiger partial charge >= 0.3 is 6.09 Å². The van der Waals surface area contributed by atoms with E-state index in [0.717, 1.165) is 44.1 Å². The highest BCUT2D eigenvalue weighted by Gasteiger charge is 2.32. The normalized spacial score (nSPS) is 19.2. The second-order valence-electron chi connectivity index (χ2n) is 8.90. The fourth-order valence-electron chi connectivity index (χ4n) is 4.39. The summed E-state index contributed by atoms with van der Waals surface area (Å²) in [5.41, 5.74) is 3.06. The number of aromatic nitrogens is 1. The van der Waals surface area contributed by atoms with Gasteiger partial charge in [0.2, 0.25) is 0 Å². The Morgan fingerprint density at radius 2 is 1.83 bits per heavy atom. The summed E-state index contributed by atoms with van der Waals surface area (Å²) in [6.07, 6.45) is 1.25. The molecule has 0 saturated carbocycles. The van der Waals surface area contributed by atoms with E-state index in [-0.39, 0.29) is 12.5 Å². The first-order valence-electron chi connectivity index (χ1n) is 11.7. The van der Waals surface area contributed by atoms with Crippen LogP contribution in [-0.4, -0.2) is 78.8 Å². The molecule has 0 spiro atoms. The van der Waals surface area contributed by atoms with Gasteiger partial charge in [-0.15, -0.1) is 11.3 Å². The molecule has 4 heterocycles. The zero-order chi connectivity index (χ0) is 24.4. The molecule has 184 valence electrons. The highest BCUT2D eigenvalue weighted by molar-refractivity contribution is 7.18. The van der Waals surface area contributed by atoms with Crippen molar-refractivity contribution >= 4 is 40.6 Å². The summed E-state index contributed by atoms with van der Waals surface area (Å²) in [6, 6.07) is 15.5. The van der Waals surface area contributed by atoms with Gasteiger partial charge in [0.05, 0.1) is 22.3 Å². The average Bonchev–Trinajstić information content (AvgIpc) is 3.59. The number of ether oxygens (including phenoxy) is 1. The Kier molecular flexibility index (Phi) is 7.10. The van der Waals surface area contributed by atoms with E-state index in [0.29, 0.717) is 15.8 Å². The van der Waals surface area contributed by atoms with Gasteiger partial charge in [-0.2, -0.15) is 0 Å². The highest BCUT2D eigenvalue weighted by Crippen LogP contribution is 2.25. The number of rotatable bonds is 7. The number of benzene rings is 1. The molecule has 8 nitrogen and oxygen atoms in total. The SMILES string of the molecule is CN1CCN(Cc2cccn2-c2ccc(N3C[C@H](CNC(=O)c4ccc(Cl)s4)OC3=O)cc2)CC1. The van der Waals surface area contributed by atoms with Gasteiger partial charge in [-0.3, -0.25) is 14.6 Å². The Morgan fingerprint density at radius 1 is 1.09 bits per heavy atom. The molecule has 5 rings (SSSR count). The number of thiophene rings is 1. The largest absolute Gasteiger partial charge is 0.442 e. The van der Waals surface area contributed by atoms with E-state index < -0.39 is 12.2 Å². The van der Waals surface area contributed by atoms with Crippen molar-refractivity contribution in [2.45, 2.75) is 12.6 Å². The predicted octanol–water partition coefficient (Wildman–Crippen LogP) is 3.69. The van der Waals surface area contributed by atoms with E-state index in [4.69, 9.17) is 16.3 Å². The van der Waals surface area contributed by atoms with Gasteiger partial charge in [0.1, 0.15) is 6.10 Å². The van der Waals surface area contributed by atoms with Crippen molar-refractivity contribution in [3.8, 4) is 5.69 Å². The molecule has 0 aliphatic carbocycles. The van der Waals surface area contributed by atoms with Crippen LogP contribution in [0.4, 0.5) is 10.5 Å². The van der Waals surface area contributed by atoms with E-state index >= 15 is 0 Å². The van der Waals surface area contributed by atoms with Crippen LogP contribution < -0.4 is 10.2 Å². The van der Waals surface area contributed by atoms with Gasteiger partial charge in [-0.05, 0) is 55.6 Å². The van der Waals surface area contributed by atoms with Crippen LogP contribution in [-0.2, 0) is 11.3 Å². The summed E-state index contributed by atoms with van der Waals surface area (Å²) < 4.78 is 8.22. The monoisotopic (exact) mass is 513 g/mol. The molecule has 1 aromatic carbocycles. The second kappa shape index (κ2) is 10.4. The number of halogens is 1. The lowest BCUT2D eigenvalue weighted by molar-refractivity contribution is 0.0920. The molecule has 2 amide bonds. The Balaban J connectivity index is 1.19. The number of carbonyl (C=O) groups is 2. The number of hydrogen-bond donors (Lipinski definition) is 1. The van der Waals surface area contributed by atoms with E-state index in [2.05, 4.69) is 45.1 Å². The lowest BCUT2D eigenvalue weighted by atomic mass is 10.2. The molecule has 10 heteroatoms. The molecular weight excluding hydrogens is 486 g/mol. The van der Waals surface area contributed by atoms with E-state index in [9.17, 15) is 9.59 Å². The summed E-state index contributed by atoms with van der Waals surface area (Å²) in [6.45, 7) is 5.85. The molecule has 3 aromatic rings. The van der Waals surface area contributed by atoms with Gasteiger partial charge in [0.25, 0.3) is 5.91 Å². The number of amides is 2. The van der Waals surface area contributed by atoms with Crippen molar-refractivity contribution in [3.05, 3.63) is 69.6 Å². The maximum absolute atomic E-state index is 12.5. The zero-order valence-electron chi connectivity index (χ0n) is 19.5. The van der Waals surface area contributed by atoms with Crippen molar-refractivity contribution in [2.75, 3.05) is 51.2 Å². The van der Waals surface area contributed by atoms with Crippen molar-refractivity contribution in [3.63, 3.8) is 0 Å². The molecular formula is C25H28ClN5O3S. The Labute approximate surface area is 213 Å². The smallest absolute Gasteiger partial charge is 0.414 e. The van der Waals surface area contributed by atoms with Gasteiger partial charge in [-0.1, -0.05) is 11.6 Å². The Morgan fingerprint density at radius 3 is 2.54 bits per heavy atom. The van der Waals surface area contributed by atoms with E-state index in [1.165, 1.54) is 17.0 Å². The molecule has 2 saturated heterocycles. The number of carbonyl (C=O) groups excluding carboxylic acids is 2. The van der Waals surface area contributed by atoms with E-state index in [1.54, 1.807) is 17.0 Å². The van der Waals surface area contributed by atoms with Crippen LogP contribution in [0.3, 0.4) is 0 Å². The number of piperazine rings is 1. The third-order valence-corrected chi connectivity index (χ3v) is 7.65. The molecule has 0 bridgehead atoms. The maximum atomic E-state index is 12.5. The standard InChI is InChI=1S/C25H28ClN5O3S/c1-28-11-13-29(14-12-28)16-20-3-2-10-30(20)18-4-6-19(7-5-18)31-17-21(34-25(31)33)15-27-24(32)22-8-9-23(26)35-22/h2-10,21H,11-17H2,1H3,(H,27,32)/t21-/m0/s1. The van der Waals surface area contributed by atoms with Crippen LogP contribution in [0, 0.1) is 0 Å². The molecule has 2 aliphatic rings. The van der Waals surface area contributed by atoms with Crippen LogP contribution >= 0.6 is 22.9 Å². The summed E-state index contributed by atoms with van der Waals surface area (Å²) in [7, 11) is 2.16. The topological polar surface area (TPSA) is 70.1 Å². The van der Waals surface area contributed by atoms with Crippen LogP contribution in [0.1, 0.15) is 15.4 Å². The summed E-state index contributed by atoms with van der Waals surface area (Å²) >= 11 is 7.11. The lowest BCUT2D eigenvalue weighted by Crippen LogP contribution is -2.44. The third-order valence-electron chi connectivity index (χ3n) is 6.42. The minimum atomic E-state index is -0.416. The lowest BCUT2D eigenvalue weighted by Gasteiger charge is -2.32. The fraction of sp³-hybridized carbons (Fsp3) is 0.360. The number of nitrogens with one attached hydrogen (secondary N) is 1. The van der Waals surface area contributed by atoms with Crippen molar-refractivity contribution < 1.29 is 14.3 Å². The van der Waals surface area contributed by atoms with Crippen LogP contribution in [0.5, 0.6) is 0 Å². The number of anilines is 1. The van der Waals surface area contributed by atoms with Gasteiger partial charge < -0.3 is 19.5 Å². The maximum Gasteiger partial charge on any atom is 0.414 e. The number of nitrogens with zero attached hydrogens (tertiary/aromatic N) is 4. The van der Waals surface area contributed by atoms with Crippen molar-refractivity contribution in [1.29, 1.82) is 0 Å². The molecule has 1 atom stereocenters. The number of hydrogen-bond acceptors (Lipinski definition) is 6. The zero-order valence-corrected chi connectivity index (χ0v) is 21.1. The Hall–Kier alpha value is -2.85. The molecule has 2 fully saturated rings. The first-order valence-corrected chi connectivity index (χ1v) is 12.8. The Bertz CT molecular complexity index is 1190. The van der Waals surface area contributed by atoms with Crippen LogP contribution in [0.15, 0.2) is 54.7 Å². The van der Waals surface area contributed by atoms with Gasteiger partial charge in [0.15, 0.2) is 0 Å². The van der Waals surface area contributed by atoms with E-state index in [1.807, 2.05) is 24.3 Å². The fourth-order valence-corrected chi connectivity index (χ4v) is 5.35. The van der Waals surface area contributed by atoms with Crippen molar-refractivity contribution in [1.82, 2.24) is 19.7 Å². The quantitative estimate of drug-likeness (QED) is 0.522. The molecule has 0 unspecified atom stereocenters. The molecule has 2 aromatic heterocycles.